The van der Waals surface area contributed by atoms with Gasteiger partial charge in [-0.3, -0.25) is 9.59 Å². The molecule has 6 nitrogen and oxygen atoms in total. The van der Waals surface area contributed by atoms with Crippen molar-refractivity contribution in [2.45, 2.75) is 64.6 Å². The molecular formula is C19H28ClN3O3. The Hall–Kier alpha value is -1.79. The molecule has 0 atom stereocenters. The van der Waals surface area contributed by atoms with Crippen LogP contribution in [-0.4, -0.2) is 40.9 Å². The molecule has 144 valence electrons. The highest BCUT2D eigenvalue weighted by Crippen LogP contribution is 2.38. The molecule has 1 heterocycles. The fourth-order valence-electron chi connectivity index (χ4n) is 4.11. The van der Waals surface area contributed by atoms with Crippen LogP contribution in [0.2, 0.25) is 5.02 Å². The second-order valence-corrected chi connectivity index (χ2v) is 8.60. The molecular weight excluding hydrogens is 354 g/mol. The summed E-state index contributed by atoms with van der Waals surface area (Å²) in [7, 11) is 1.48. The zero-order chi connectivity index (χ0) is 19.9. The van der Waals surface area contributed by atoms with E-state index >= 15 is 0 Å². The predicted octanol–water partition coefficient (Wildman–Crippen LogP) is 3.10. The maximum Gasteiger partial charge on any atom is 0.314 e. The Kier molecular flexibility index (Phi) is 5.59. The van der Waals surface area contributed by atoms with E-state index in [1.807, 2.05) is 34.6 Å². The third-order valence-electron chi connectivity index (χ3n) is 4.86. The molecule has 7 heteroatoms. The van der Waals surface area contributed by atoms with E-state index in [0.717, 1.165) is 5.56 Å². The number of piperidine rings is 1. The number of halogens is 1. The number of anilines is 1. The Labute approximate surface area is 160 Å². The Bertz CT molecular complexity index is 713. The Balaban J connectivity index is 2.30. The molecule has 2 amide bonds. The minimum Gasteiger partial charge on any atom is -0.495 e. The van der Waals surface area contributed by atoms with Crippen molar-refractivity contribution in [2.24, 2.45) is 5.73 Å². The number of nitrogens with two attached hydrogens (primary N) is 1. The molecule has 2 rings (SSSR count). The molecule has 1 aliphatic rings. The molecule has 1 aliphatic heterocycles. The molecule has 1 fully saturated rings. The van der Waals surface area contributed by atoms with Crippen LogP contribution in [0.25, 0.3) is 0 Å². The summed E-state index contributed by atoms with van der Waals surface area (Å²) in [5.74, 6) is -0.885. The van der Waals surface area contributed by atoms with Gasteiger partial charge in [0.05, 0.1) is 12.8 Å². The van der Waals surface area contributed by atoms with Gasteiger partial charge in [-0.1, -0.05) is 11.6 Å². The first kappa shape index (κ1) is 20.5. The van der Waals surface area contributed by atoms with Crippen molar-refractivity contribution in [3.05, 3.63) is 22.7 Å². The Morgan fingerprint density at radius 3 is 2.27 bits per heavy atom. The fourth-order valence-corrected chi connectivity index (χ4v) is 4.27. The third-order valence-corrected chi connectivity index (χ3v) is 5.27. The van der Waals surface area contributed by atoms with E-state index < -0.39 is 22.9 Å². The Morgan fingerprint density at radius 1 is 1.23 bits per heavy atom. The van der Waals surface area contributed by atoms with Crippen LogP contribution in [-0.2, 0) is 9.59 Å². The summed E-state index contributed by atoms with van der Waals surface area (Å²) in [6.07, 6.45) is 1.28. The van der Waals surface area contributed by atoms with Crippen LogP contribution in [0.1, 0.15) is 46.1 Å². The second kappa shape index (κ2) is 7.08. The number of likely N-dealkylation sites (tertiary alicyclic amines) is 1. The van der Waals surface area contributed by atoms with Gasteiger partial charge in [-0.2, -0.15) is 0 Å². The van der Waals surface area contributed by atoms with Gasteiger partial charge in [-0.15, -0.1) is 0 Å². The fraction of sp³-hybridized carbons (Fsp3) is 0.579. The van der Waals surface area contributed by atoms with Crippen LogP contribution in [0.5, 0.6) is 5.75 Å². The summed E-state index contributed by atoms with van der Waals surface area (Å²) in [6, 6.07) is 3.30. The first-order chi connectivity index (χ1) is 11.9. The Morgan fingerprint density at radius 2 is 1.77 bits per heavy atom. The number of aryl methyl sites for hydroxylation is 1. The van der Waals surface area contributed by atoms with E-state index in [0.29, 0.717) is 29.3 Å². The molecule has 26 heavy (non-hydrogen) atoms. The highest BCUT2D eigenvalue weighted by molar-refractivity contribution is 6.40. The number of amides is 2. The lowest BCUT2D eigenvalue weighted by Crippen LogP contribution is -2.66. The van der Waals surface area contributed by atoms with Gasteiger partial charge in [0.15, 0.2) is 0 Å². The number of methoxy groups -OCH3 is 1. The zero-order valence-electron chi connectivity index (χ0n) is 16.3. The standard InChI is InChI=1S/C19H28ClN3O3/c1-11-7-14(15(26-6)8-13(11)20)22-16(24)17(25)23-18(2,3)9-12(21)10-19(23,4)5/h7-8,12H,9-10,21H2,1-6H3,(H,22,24). The van der Waals surface area contributed by atoms with E-state index in [1.165, 1.54) is 7.11 Å². The molecule has 0 spiro atoms. The normalized spacial score (nSPS) is 19.2. The number of nitrogens with zero attached hydrogens (tertiary/aromatic N) is 1. The number of rotatable bonds is 2. The van der Waals surface area contributed by atoms with E-state index in [9.17, 15) is 9.59 Å². The van der Waals surface area contributed by atoms with Crippen molar-refractivity contribution in [3.63, 3.8) is 0 Å². The molecule has 0 aromatic heterocycles. The summed E-state index contributed by atoms with van der Waals surface area (Å²) < 4.78 is 5.26. The first-order valence-electron chi connectivity index (χ1n) is 8.64. The highest BCUT2D eigenvalue weighted by Gasteiger charge is 2.48. The molecule has 0 radical (unpaired) electrons. The van der Waals surface area contributed by atoms with Crippen LogP contribution >= 0.6 is 11.6 Å². The number of nitrogens with one attached hydrogen (secondary N) is 1. The van der Waals surface area contributed by atoms with Gasteiger partial charge in [0.25, 0.3) is 0 Å². The molecule has 0 bridgehead atoms. The van der Waals surface area contributed by atoms with E-state index in [2.05, 4.69) is 5.32 Å². The number of ether oxygens (including phenoxy) is 1. The lowest BCUT2D eigenvalue weighted by molar-refractivity contribution is -0.156. The highest BCUT2D eigenvalue weighted by atomic mass is 35.5. The summed E-state index contributed by atoms with van der Waals surface area (Å²) in [5, 5.41) is 3.19. The van der Waals surface area contributed by atoms with Crippen molar-refractivity contribution in [3.8, 4) is 5.75 Å². The molecule has 1 saturated heterocycles. The quantitative estimate of drug-likeness (QED) is 0.771. The summed E-state index contributed by atoms with van der Waals surface area (Å²) >= 11 is 6.09. The molecule has 3 N–H and O–H groups in total. The molecule has 0 aliphatic carbocycles. The average molecular weight is 382 g/mol. The molecule has 0 saturated carbocycles. The number of carbonyl (C=O) groups excluding carboxylic acids is 2. The van der Waals surface area contributed by atoms with Crippen molar-refractivity contribution >= 4 is 29.1 Å². The third kappa shape index (κ3) is 3.96. The van der Waals surface area contributed by atoms with Gasteiger partial charge in [-0.05, 0) is 59.1 Å². The molecule has 1 aromatic carbocycles. The number of carbonyl (C=O) groups is 2. The lowest BCUT2D eigenvalue weighted by atomic mass is 9.77. The maximum absolute atomic E-state index is 13.0. The maximum atomic E-state index is 13.0. The summed E-state index contributed by atoms with van der Waals surface area (Å²) in [6.45, 7) is 9.56. The van der Waals surface area contributed by atoms with Gasteiger partial charge in [-0.25, -0.2) is 0 Å². The van der Waals surface area contributed by atoms with Gasteiger partial charge >= 0.3 is 11.8 Å². The topological polar surface area (TPSA) is 84.7 Å². The number of hydrogen-bond donors (Lipinski definition) is 2. The van der Waals surface area contributed by atoms with Crippen molar-refractivity contribution in [1.82, 2.24) is 4.90 Å². The van der Waals surface area contributed by atoms with Crippen molar-refractivity contribution < 1.29 is 14.3 Å². The van der Waals surface area contributed by atoms with E-state index in [1.54, 1.807) is 17.0 Å². The van der Waals surface area contributed by atoms with Gasteiger partial charge in [0.1, 0.15) is 5.75 Å². The first-order valence-corrected chi connectivity index (χ1v) is 9.02. The van der Waals surface area contributed by atoms with Crippen LogP contribution in [0, 0.1) is 6.92 Å². The zero-order valence-corrected chi connectivity index (χ0v) is 17.0. The number of hydrogen-bond acceptors (Lipinski definition) is 4. The largest absolute Gasteiger partial charge is 0.495 e. The van der Waals surface area contributed by atoms with Crippen LogP contribution in [0.4, 0.5) is 5.69 Å². The SMILES string of the molecule is COc1cc(Cl)c(C)cc1NC(=O)C(=O)N1C(C)(C)CC(N)CC1(C)C. The van der Waals surface area contributed by atoms with Crippen LogP contribution in [0.15, 0.2) is 12.1 Å². The second-order valence-electron chi connectivity index (χ2n) is 8.19. The minimum atomic E-state index is -0.707. The lowest BCUT2D eigenvalue weighted by Gasteiger charge is -2.54. The van der Waals surface area contributed by atoms with Gasteiger partial charge < -0.3 is 20.7 Å². The van der Waals surface area contributed by atoms with Crippen molar-refractivity contribution in [1.29, 1.82) is 0 Å². The van der Waals surface area contributed by atoms with Crippen LogP contribution < -0.4 is 15.8 Å². The van der Waals surface area contributed by atoms with E-state index in [4.69, 9.17) is 22.1 Å². The minimum absolute atomic E-state index is 0.00822. The summed E-state index contributed by atoms with van der Waals surface area (Å²) in [4.78, 5) is 27.4. The van der Waals surface area contributed by atoms with Gasteiger partial charge in [0.2, 0.25) is 0 Å². The van der Waals surface area contributed by atoms with Crippen molar-refractivity contribution in [2.75, 3.05) is 12.4 Å². The predicted molar refractivity (Wildman–Crippen MR) is 104 cm³/mol. The average Bonchev–Trinajstić information content (AvgIpc) is 2.47. The number of benzene rings is 1. The molecule has 1 aromatic rings. The molecule has 0 unspecified atom stereocenters. The monoisotopic (exact) mass is 381 g/mol. The smallest absolute Gasteiger partial charge is 0.314 e. The van der Waals surface area contributed by atoms with E-state index in [-0.39, 0.29) is 6.04 Å². The van der Waals surface area contributed by atoms with Gasteiger partial charge in [0, 0.05) is 28.2 Å². The summed E-state index contributed by atoms with van der Waals surface area (Å²) in [5.41, 5.74) is 6.30. The van der Waals surface area contributed by atoms with Crippen LogP contribution in [0.3, 0.4) is 0 Å².